The number of halogens is 2. The Bertz CT molecular complexity index is 406. The van der Waals surface area contributed by atoms with E-state index in [2.05, 4.69) is 27.8 Å². The molecule has 1 rings (SSSR count). The van der Waals surface area contributed by atoms with Gasteiger partial charge in [0.15, 0.2) is 0 Å². The molecule has 5 heteroatoms. The minimum atomic E-state index is -0.757. The second-order valence-electron chi connectivity index (χ2n) is 2.86. The lowest BCUT2D eigenvalue weighted by molar-refractivity contribution is 0.0954. The number of hydrogen-bond acceptors (Lipinski definition) is 2. The average molecular weight is 274 g/mol. The molecule has 0 unspecified atom stereocenters. The first-order valence-electron chi connectivity index (χ1n) is 4.10. The Labute approximate surface area is 94.7 Å². The third kappa shape index (κ3) is 3.36. The molecule has 1 aromatic carbocycles. The minimum Gasteiger partial charge on any atom is -0.508 e. The highest BCUT2D eigenvalue weighted by Gasteiger charge is 2.11. The molecule has 2 N–H and O–H groups in total. The largest absolute Gasteiger partial charge is 0.508 e. The number of carbonyl (C=O) groups excluding carboxylic acids is 1. The summed E-state index contributed by atoms with van der Waals surface area (Å²) >= 11 is 3.06. The molecule has 0 aromatic heterocycles. The van der Waals surface area contributed by atoms with E-state index in [0.717, 1.165) is 6.07 Å². The predicted molar refractivity (Wildman–Crippen MR) is 58.5 cm³/mol. The van der Waals surface area contributed by atoms with E-state index in [-0.39, 0.29) is 17.9 Å². The number of benzene rings is 1. The number of carbonyl (C=O) groups is 1. The van der Waals surface area contributed by atoms with Gasteiger partial charge >= 0.3 is 0 Å². The number of rotatable bonds is 3. The third-order valence-corrected chi connectivity index (χ3v) is 1.92. The van der Waals surface area contributed by atoms with Crippen LogP contribution in [0.5, 0.6) is 5.75 Å². The maximum atomic E-state index is 13.2. The van der Waals surface area contributed by atoms with Crippen molar-refractivity contribution in [2.24, 2.45) is 0 Å². The Morgan fingerprint density at radius 1 is 1.60 bits per heavy atom. The molecule has 0 atom stereocenters. The molecule has 0 fully saturated rings. The van der Waals surface area contributed by atoms with Crippen molar-refractivity contribution in [2.45, 2.75) is 0 Å². The molecule has 0 saturated carbocycles. The van der Waals surface area contributed by atoms with Crippen molar-refractivity contribution >= 4 is 21.8 Å². The van der Waals surface area contributed by atoms with Crippen LogP contribution in [0.2, 0.25) is 0 Å². The summed E-state index contributed by atoms with van der Waals surface area (Å²) in [6, 6.07) is 3.36. The van der Waals surface area contributed by atoms with Gasteiger partial charge in [0.05, 0.1) is 5.56 Å². The molecule has 0 spiro atoms. The van der Waals surface area contributed by atoms with Crippen molar-refractivity contribution in [3.63, 3.8) is 0 Å². The van der Waals surface area contributed by atoms with E-state index >= 15 is 0 Å². The second kappa shape index (κ2) is 4.93. The Balaban J connectivity index is 2.78. The molecule has 3 nitrogen and oxygen atoms in total. The fourth-order valence-corrected chi connectivity index (χ4v) is 1.10. The van der Waals surface area contributed by atoms with E-state index in [1.807, 2.05) is 0 Å². The second-order valence-corrected chi connectivity index (χ2v) is 3.99. The summed E-state index contributed by atoms with van der Waals surface area (Å²) < 4.78 is 13.8. The van der Waals surface area contributed by atoms with Gasteiger partial charge in [-0.3, -0.25) is 4.79 Å². The van der Waals surface area contributed by atoms with E-state index in [4.69, 9.17) is 5.11 Å². The van der Waals surface area contributed by atoms with Crippen LogP contribution in [0.25, 0.3) is 0 Å². The van der Waals surface area contributed by atoms with Gasteiger partial charge in [-0.1, -0.05) is 22.5 Å². The fraction of sp³-hybridized carbons (Fsp3) is 0.100. The third-order valence-electron chi connectivity index (χ3n) is 1.64. The Kier molecular flexibility index (Phi) is 3.85. The van der Waals surface area contributed by atoms with Crippen LogP contribution in [-0.2, 0) is 0 Å². The van der Waals surface area contributed by atoms with E-state index in [0.29, 0.717) is 4.48 Å². The Morgan fingerprint density at radius 2 is 2.27 bits per heavy atom. The lowest BCUT2D eigenvalue weighted by Crippen LogP contribution is -2.25. The first kappa shape index (κ1) is 11.7. The maximum Gasteiger partial charge on any atom is 0.254 e. The Hall–Kier alpha value is -1.36. The highest BCUT2D eigenvalue weighted by Crippen LogP contribution is 2.14. The lowest BCUT2D eigenvalue weighted by atomic mass is 10.2. The molecule has 80 valence electrons. The van der Waals surface area contributed by atoms with Crippen LogP contribution < -0.4 is 5.32 Å². The number of hydrogen-bond donors (Lipinski definition) is 2. The molecule has 15 heavy (non-hydrogen) atoms. The van der Waals surface area contributed by atoms with E-state index in [1.54, 1.807) is 0 Å². The average Bonchev–Trinajstić information content (AvgIpc) is 2.14. The molecule has 0 bridgehead atoms. The highest BCUT2D eigenvalue weighted by atomic mass is 79.9. The van der Waals surface area contributed by atoms with Gasteiger partial charge in [-0.05, 0) is 12.1 Å². The monoisotopic (exact) mass is 273 g/mol. The van der Waals surface area contributed by atoms with Gasteiger partial charge in [0, 0.05) is 17.1 Å². The lowest BCUT2D eigenvalue weighted by Gasteiger charge is -2.05. The topological polar surface area (TPSA) is 49.3 Å². The molecule has 0 aliphatic carbocycles. The molecular formula is C10H9BrFNO2. The molecule has 0 heterocycles. The van der Waals surface area contributed by atoms with E-state index < -0.39 is 11.7 Å². The molecule has 0 aliphatic heterocycles. The van der Waals surface area contributed by atoms with Crippen LogP contribution in [0, 0.1) is 5.82 Å². The summed E-state index contributed by atoms with van der Waals surface area (Å²) in [5.41, 5.74) is -0.110. The van der Waals surface area contributed by atoms with Gasteiger partial charge in [-0.25, -0.2) is 4.39 Å². The van der Waals surface area contributed by atoms with Gasteiger partial charge in [-0.15, -0.1) is 0 Å². The van der Waals surface area contributed by atoms with Gasteiger partial charge in [0.2, 0.25) is 0 Å². The zero-order valence-corrected chi connectivity index (χ0v) is 9.34. The van der Waals surface area contributed by atoms with Crippen LogP contribution in [0.15, 0.2) is 29.3 Å². The van der Waals surface area contributed by atoms with Crippen molar-refractivity contribution in [2.75, 3.05) is 6.54 Å². The minimum absolute atomic E-state index is 0.110. The van der Waals surface area contributed by atoms with Crippen molar-refractivity contribution in [1.82, 2.24) is 5.32 Å². The van der Waals surface area contributed by atoms with Gasteiger partial charge in [0.25, 0.3) is 5.91 Å². The van der Waals surface area contributed by atoms with Crippen LogP contribution in [-0.4, -0.2) is 17.6 Å². The molecule has 1 aromatic rings. The standard InChI is InChI=1S/C10H9BrFNO2/c1-6(11)5-13-10(15)8-3-2-7(14)4-9(8)12/h2-4,14H,1,5H2,(H,13,15). The zero-order valence-electron chi connectivity index (χ0n) is 7.76. The van der Waals surface area contributed by atoms with Gasteiger partial charge in [0.1, 0.15) is 11.6 Å². The molecule has 0 saturated heterocycles. The van der Waals surface area contributed by atoms with E-state index in [1.165, 1.54) is 12.1 Å². The number of phenolic OH excluding ortho intramolecular Hbond substituents is 1. The number of nitrogens with one attached hydrogen (secondary N) is 1. The summed E-state index contributed by atoms with van der Waals surface area (Å²) in [7, 11) is 0. The molecule has 1 amide bonds. The highest BCUT2D eigenvalue weighted by molar-refractivity contribution is 9.11. The fourth-order valence-electron chi connectivity index (χ4n) is 0.960. The van der Waals surface area contributed by atoms with Crippen molar-refractivity contribution in [1.29, 1.82) is 0 Å². The molecular weight excluding hydrogens is 265 g/mol. The first-order chi connectivity index (χ1) is 7.00. The quantitative estimate of drug-likeness (QED) is 0.887. The van der Waals surface area contributed by atoms with Crippen molar-refractivity contribution < 1.29 is 14.3 Å². The van der Waals surface area contributed by atoms with Gasteiger partial charge in [-0.2, -0.15) is 0 Å². The number of amides is 1. The van der Waals surface area contributed by atoms with E-state index in [9.17, 15) is 9.18 Å². The summed E-state index contributed by atoms with van der Waals surface area (Å²) in [5.74, 6) is -1.52. The smallest absolute Gasteiger partial charge is 0.254 e. The number of phenols is 1. The summed E-state index contributed by atoms with van der Waals surface area (Å²) in [6.07, 6.45) is 0. The van der Waals surface area contributed by atoms with Crippen LogP contribution in [0.1, 0.15) is 10.4 Å². The SMILES string of the molecule is C=C(Br)CNC(=O)c1ccc(O)cc1F. The van der Waals surface area contributed by atoms with Gasteiger partial charge < -0.3 is 10.4 Å². The number of aromatic hydroxyl groups is 1. The predicted octanol–water partition coefficient (Wildman–Crippen LogP) is 2.17. The van der Waals surface area contributed by atoms with Crippen LogP contribution in [0.3, 0.4) is 0 Å². The summed E-state index contributed by atoms with van der Waals surface area (Å²) in [6.45, 7) is 3.75. The molecule has 0 radical (unpaired) electrons. The summed E-state index contributed by atoms with van der Waals surface area (Å²) in [4.78, 5) is 11.4. The maximum absolute atomic E-state index is 13.2. The zero-order chi connectivity index (χ0) is 11.4. The molecule has 0 aliphatic rings. The van der Waals surface area contributed by atoms with Crippen molar-refractivity contribution in [3.8, 4) is 5.75 Å². The van der Waals surface area contributed by atoms with Crippen molar-refractivity contribution in [3.05, 3.63) is 40.6 Å². The van der Waals surface area contributed by atoms with Crippen LogP contribution in [0.4, 0.5) is 4.39 Å². The summed E-state index contributed by atoms with van der Waals surface area (Å²) in [5, 5.41) is 11.4. The Morgan fingerprint density at radius 3 is 2.80 bits per heavy atom. The van der Waals surface area contributed by atoms with Crippen LogP contribution >= 0.6 is 15.9 Å². The normalized spacial score (nSPS) is 9.73. The first-order valence-corrected chi connectivity index (χ1v) is 4.90.